The van der Waals surface area contributed by atoms with Crippen LogP contribution in [0.3, 0.4) is 0 Å². The molecule has 3 fully saturated rings. The maximum Gasteiger partial charge on any atom is 0.341 e. The number of ether oxygens (including phenoxy) is 9. The van der Waals surface area contributed by atoms with Crippen molar-refractivity contribution in [1.82, 2.24) is 4.98 Å². The number of hydrogen-bond acceptors (Lipinski definition) is 20. The van der Waals surface area contributed by atoms with Crippen LogP contribution in [0.1, 0.15) is 94.6 Å². The topological polar surface area (TPSA) is 266 Å². The van der Waals surface area contributed by atoms with Crippen LogP contribution in [0.4, 0.5) is 0 Å². The fourth-order valence-corrected chi connectivity index (χ4v) is 9.63. The van der Waals surface area contributed by atoms with E-state index in [1.54, 1.807) is 6.92 Å². The van der Waals surface area contributed by atoms with E-state index in [1.807, 2.05) is 0 Å². The van der Waals surface area contributed by atoms with Gasteiger partial charge in [0.25, 0.3) is 0 Å². The van der Waals surface area contributed by atoms with Crippen LogP contribution in [0.2, 0.25) is 0 Å². The monoisotopic (exact) mass is 857 g/mol. The molecule has 0 radical (unpaired) electrons. The molecule has 2 aliphatic carbocycles. The van der Waals surface area contributed by atoms with Crippen LogP contribution < -0.4 is 0 Å². The zero-order valence-corrected chi connectivity index (χ0v) is 34.8. The molecule has 13 atom stereocenters. The van der Waals surface area contributed by atoms with Gasteiger partial charge in [0, 0.05) is 46.7 Å². The quantitative estimate of drug-likeness (QED) is 0.293. The van der Waals surface area contributed by atoms with E-state index in [2.05, 4.69) is 4.98 Å². The van der Waals surface area contributed by atoms with Gasteiger partial charge in [-0.25, -0.2) is 9.59 Å². The summed E-state index contributed by atoms with van der Waals surface area (Å²) < 4.78 is 60.1. The average Bonchev–Trinajstić information content (AvgIpc) is 3.79. The summed E-state index contributed by atoms with van der Waals surface area (Å²) in [7, 11) is 0. The highest BCUT2D eigenvalue weighted by molar-refractivity contribution is 5.91. The van der Waals surface area contributed by atoms with Gasteiger partial charge in [0.1, 0.15) is 48.3 Å². The van der Waals surface area contributed by atoms with E-state index in [9.17, 15) is 43.5 Å². The number of aromatic nitrogens is 1. The van der Waals surface area contributed by atoms with Crippen LogP contribution in [-0.2, 0) is 71.4 Å². The summed E-state index contributed by atoms with van der Waals surface area (Å²) in [6, 6.07) is 4.11. The summed E-state index contributed by atoms with van der Waals surface area (Å²) in [4.78, 5) is 113. The summed E-state index contributed by atoms with van der Waals surface area (Å²) in [6.45, 7) is 8.56. The Morgan fingerprint density at radius 2 is 1.41 bits per heavy atom. The number of fused-ring (bicyclic) bond motifs is 5. The van der Waals surface area contributed by atoms with Crippen molar-refractivity contribution in [3.63, 3.8) is 0 Å². The third-order valence-electron chi connectivity index (χ3n) is 12.1. The molecule has 20 heteroatoms. The number of hydrogen-bond donors (Lipinski definition) is 1. The Balaban J connectivity index is 1.80. The molecule has 20 nitrogen and oxygen atoms in total. The molecule has 2 saturated carbocycles. The Kier molecular flexibility index (Phi) is 11.8. The Labute approximate surface area is 348 Å². The molecule has 1 unspecified atom stereocenters. The smallest absolute Gasteiger partial charge is 0.341 e. The second kappa shape index (κ2) is 16.2. The molecule has 6 rings (SSSR count). The van der Waals surface area contributed by atoms with Gasteiger partial charge >= 0.3 is 47.8 Å². The van der Waals surface area contributed by atoms with E-state index in [1.165, 1.54) is 38.2 Å². The number of pyridine rings is 1. The molecule has 2 aromatic rings. The number of esters is 8. The van der Waals surface area contributed by atoms with Gasteiger partial charge in [0.15, 0.2) is 30.0 Å². The second-order valence-electron chi connectivity index (χ2n) is 16.1. The number of aliphatic hydroxyl groups is 1. The number of cyclic esters (lactones) is 1. The lowest BCUT2D eigenvalue weighted by molar-refractivity contribution is -0.386. The van der Waals surface area contributed by atoms with E-state index >= 15 is 0 Å². The lowest BCUT2D eigenvalue weighted by Gasteiger charge is -2.67. The Morgan fingerprint density at radius 1 is 0.803 bits per heavy atom. The molecule has 2 aromatic heterocycles. The number of nitrogens with zero attached hydrogens (tertiary/aromatic N) is 1. The molecule has 2 aliphatic heterocycles. The third kappa shape index (κ3) is 7.28. The van der Waals surface area contributed by atoms with E-state index in [4.69, 9.17) is 47.0 Å². The normalized spacial score (nSPS) is 36.5. The molecule has 330 valence electrons. The maximum atomic E-state index is 14.6. The zero-order chi connectivity index (χ0) is 45.0. The highest BCUT2D eigenvalue weighted by Gasteiger charge is 2.92. The first-order valence-corrected chi connectivity index (χ1v) is 19.3. The third-order valence-corrected chi connectivity index (χ3v) is 12.1. The summed E-state index contributed by atoms with van der Waals surface area (Å²) in [5.74, 6) is -12.0. The van der Waals surface area contributed by atoms with Crippen molar-refractivity contribution in [1.29, 1.82) is 0 Å². The molecule has 1 N–H and O–H groups in total. The minimum atomic E-state index is -2.89. The van der Waals surface area contributed by atoms with E-state index in [0.29, 0.717) is 0 Å². The number of furan rings is 1. The molecule has 61 heavy (non-hydrogen) atoms. The largest absolute Gasteiger partial charge is 0.472 e. The van der Waals surface area contributed by atoms with Crippen LogP contribution in [-0.4, -0.2) is 124 Å². The van der Waals surface area contributed by atoms with Gasteiger partial charge in [-0.2, -0.15) is 0 Å². The predicted octanol–water partition coefficient (Wildman–Crippen LogP) is 1.92. The van der Waals surface area contributed by atoms with E-state index in [0.717, 1.165) is 54.1 Å². The lowest BCUT2D eigenvalue weighted by atomic mass is 9.45. The summed E-state index contributed by atoms with van der Waals surface area (Å²) in [5, 5.41) is 13.6. The van der Waals surface area contributed by atoms with Gasteiger partial charge < -0.3 is 52.2 Å². The highest BCUT2D eigenvalue weighted by atomic mass is 16.7. The standard InChI is InChI=1S/C41H47NO19/c1-18-19(2)35(48)60-32-30(59-36(49)25-12-14-52-15-25)34(58-24(7)47)40(17-53-20(3)43)33(57-23(6)46)29(55-21(4)44)27-31(56-22(5)45)41(40,39(32,9)51)61-38(27,8)16-54-37(50)26-11-10-13-42-28(18)26/h10-15,18-19,27,29-34,51H,16-17H2,1-9H3/t18-,19-,27+,29+,30-,31+,32-,33+,34-,38-,39?,40+,41-/m0/s1. The molecule has 1 spiro atoms. The second-order valence-corrected chi connectivity index (χ2v) is 16.1. The van der Waals surface area contributed by atoms with Gasteiger partial charge in [0.05, 0.1) is 34.9 Å². The zero-order valence-electron chi connectivity index (χ0n) is 34.8. The summed E-state index contributed by atoms with van der Waals surface area (Å²) >= 11 is 0. The minimum Gasteiger partial charge on any atom is -0.472 e. The predicted molar refractivity (Wildman–Crippen MR) is 198 cm³/mol. The first-order chi connectivity index (χ1) is 28.5. The lowest BCUT2D eigenvalue weighted by Crippen LogP contribution is -2.89. The van der Waals surface area contributed by atoms with Crippen LogP contribution in [0.5, 0.6) is 0 Å². The fraction of sp³-hybridized carbons (Fsp3) is 0.585. The van der Waals surface area contributed by atoms with Gasteiger partial charge in [-0.3, -0.25) is 33.8 Å². The number of rotatable bonds is 8. The van der Waals surface area contributed by atoms with Gasteiger partial charge in [-0.15, -0.1) is 0 Å². The van der Waals surface area contributed by atoms with E-state index in [-0.39, 0.29) is 16.8 Å². The van der Waals surface area contributed by atoms with Crippen molar-refractivity contribution >= 4 is 47.8 Å². The fourth-order valence-electron chi connectivity index (χ4n) is 9.63. The van der Waals surface area contributed by atoms with Crippen molar-refractivity contribution in [3.8, 4) is 0 Å². The number of carbonyl (C=O) groups is 8. The van der Waals surface area contributed by atoms with Gasteiger partial charge in [0.2, 0.25) is 0 Å². The van der Waals surface area contributed by atoms with Gasteiger partial charge in [-0.1, -0.05) is 13.8 Å². The molecular weight excluding hydrogens is 810 g/mol. The summed E-state index contributed by atoms with van der Waals surface area (Å²) in [6.07, 6.45) is -8.78. The van der Waals surface area contributed by atoms with Crippen molar-refractivity contribution in [3.05, 3.63) is 53.7 Å². The first-order valence-electron chi connectivity index (χ1n) is 19.3. The highest BCUT2D eigenvalue weighted by Crippen LogP contribution is 2.70. The van der Waals surface area contributed by atoms with Crippen molar-refractivity contribution in [2.24, 2.45) is 17.3 Å². The van der Waals surface area contributed by atoms with Crippen LogP contribution in [0, 0.1) is 17.3 Å². The average molecular weight is 858 g/mol. The van der Waals surface area contributed by atoms with Gasteiger partial charge in [-0.05, 0) is 32.0 Å². The molecule has 4 heterocycles. The van der Waals surface area contributed by atoms with Crippen molar-refractivity contribution < 1.29 is 90.5 Å². The Bertz CT molecular complexity index is 2120. The van der Waals surface area contributed by atoms with Crippen LogP contribution in [0.15, 0.2) is 41.3 Å². The molecule has 1 saturated heterocycles. The van der Waals surface area contributed by atoms with Crippen molar-refractivity contribution in [2.75, 3.05) is 13.2 Å². The van der Waals surface area contributed by atoms with Crippen LogP contribution in [0.25, 0.3) is 0 Å². The van der Waals surface area contributed by atoms with Crippen molar-refractivity contribution in [2.45, 2.75) is 122 Å². The molecule has 0 aromatic carbocycles. The molecule has 0 amide bonds. The molecule has 4 bridgehead atoms. The summed E-state index contributed by atoms with van der Waals surface area (Å²) in [5.41, 5.74) is -10.6. The maximum absolute atomic E-state index is 14.6. The molecule has 4 aliphatic rings. The van der Waals surface area contributed by atoms with E-state index < -0.39 is 138 Å². The SMILES string of the molecule is CC(=O)OC[C@]12[C@H](OC(C)=O)[C@H](OC(C)=O)[C@@H]3[C@@H](OC(C)=O)[C@@]14O[C@@]3(C)COC(=O)c1cccnc1[C@@H](C)[C@H](C)C(=O)O[C@@H]([C@H](OC(=O)c1ccoc1)[C@@H]2OC(C)=O)C4(C)O. The Morgan fingerprint density at radius 3 is 1.98 bits per heavy atom. The number of carbonyl (C=O) groups excluding carboxylic acids is 8. The minimum absolute atomic E-state index is 0.0569. The first kappa shape index (κ1) is 44.7. The molecular formula is C41H47NO19. The Hall–Kier alpha value is -5.89. The van der Waals surface area contributed by atoms with Crippen LogP contribution >= 0.6 is 0 Å².